The zero-order chi connectivity index (χ0) is 31.0. The van der Waals surface area contributed by atoms with Gasteiger partial charge in [-0.1, -0.05) is 30.3 Å². The highest BCUT2D eigenvalue weighted by atomic mass is 19.4. The Morgan fingerprint density at radius 1 is 0.929 bits per heavy atom. The summed E-state index contributed by atoms with van der Waals surface area (Å²) in [5.74, 6) is -0.982. The van der Waals surface area contributed by atoms with Crippen molar-refractivity contribution in [3.8, 4) is 0 Å². The Kier molecular flexibility index (Phi) is 8.87. The number of likely N-dealkylation sites (N-methyl/N-ethyl adjacent to an activating group) is 1. The number of amides is 3. The summed E-state index contributed by atoms with van der Waals surface area (Å²) in [7, 11) is 3.06. The van der Waals surface area contributed by atoms with Gasteiger partial charge in [0.15, 0.2) is 0 Å². The van der Waals surface area contributed by atoms with Crippen LogP contribution in [0.1, 0.15) is 54.9 Å². The molecule has 2 aromatic rings. The minimum Gasteiger partial charge on any atom is -0.383 e. The van der Waals surface area contributed by atoms with Gasteiger partial charge in [-0.05, 0) is 56.0 Å². The molecule has 1 unspecified atom stereocenters. The molecule has 0 aliphatic carbocycles. The molecule has 6 nitrogen and oxygen atoms in total. The molecule has 0 spiro atoms. The van der Waals surface area contributed by atoms with E-state index in [0.29, 0.717) is 31.8 Å². The van der Waals surface area contributed by atoms with Crippen molar-refractivity contribution >= 4 is 11.9 Å². The molecule has 2 saturated heterocycles. The number of hydrogen-bond donors (Lipinski definition) is 0. The van der Waals surface area contributed by atoms with Crippen molar-refractivity contribution < 1.29 is 40.7 Å². The highest BCUT2D eigenvalue weighted by molar-refractivity contribution is 5.88. The van der Waals surface area contributed by atoms with Crippen molar-refractivity contribution in [1.29, 1.82) is 0 Å². The van der Waals surface area contributed by atoms with Crippen molar-refractivity contribution in [3.05, 3.63) is 70.8 Å². The van der Waals surface area contributed by atoms with Gasteiger partial charge >= 0.3 is 18.4 Å². The van der Waals surface area contributed by atoms with Gasteiger partial charge in [0.05, 0.1) is 35.2 Å². The number of urea groups is 1. The molecule has 4 rings (SSSR count). The second kappa shape index (κ2) is 11.8. The van der Waals surface area contributed by atoms with Crippen molar-refractivity contribution in [2.75, 3.05) is 40.4 Å². The first-order valence-electron chi connectivity index (χ1n) is 13.7. The van der Waals surface area contributed by atoms with Crippen molar-refractivity contribution in [3.63, 3.8) is 0 Å². The van der Waals surface area contributed by atoms with Crippen LogP contribution in [0, 0.1) is 0 Å². The maximum atomic E-state index is 14.0. The minimum atomic E-state index is -5.04. The fourth-order valence-corrected chi connectivity index (χ4v) is 6.03. The normalized spacial score (nSPS) is 21.6. The molecule has 230 valence electrons. The molecule has 42 heavy (non-hydrogen) atoms. The fourth-order valence-electron chi connectivity index (χ4n) is 6.03. The quantitative estimate of drug-likeness (QED) is 0.374. The van der Waals surface area contributed by atoms with Gasteiger partial charge in [0, 0.05) is 39.7 Å². The third-order valence-corrected chi connectivity index (χ3v) is 8.43. The Balaban J connectivity index is 1.67. The van der Waals surface area contributed by atoms with E-state index in [1.807, 2.05) is 30.3 Å². The Bertz CT molecular complexity index is 1250. The number of rotatable bonds is 6. The standard InChI is InChI=1S/C30H35F6N3O3/c1-28(2,20-13-21(29(31,32)33)15-22(14-20)30(34,35)36)26(40)37(3)25-17-38(16-24(25)19-9-6-5-7-10-19)27(41)39-12-8-11-23(39)18-42-4/h5-7,9-10,13-15,23-25H,8,11-12,16-18H2,1-4H3/t23?,24-,25+/m0/s1. The zero-order valence-corrected chi connectivity index (χ0v) is 23.9. The summed E-state index contributed by atoms with van der Waals surface area (Å²) in [6, 6.07) is 9.67. The maximum Gasteiger partial charge on any atom is 0.416 e. The predicted molar refractivity (Wildman–Crippen MR) is 144 cm³/mol. The second-order valence-electron chi connectivity index (χ2n) is 11.6. The highest BCUT2D eigenvalue weighted by Gasteiger charge is 2.46. The van der Waals surface area contributed by atoms with Gasteiger partial charge in [0.25, 0.3) is 0 Å². The van der Waals surface area contributed by atoms with Gasteiger partial charge in [-0.3, -0.25) is 4.79 Å². The number of methoxy groups -OCH3 is 1. The van der Waals surface area contributed by atoms with Gasteiger partial charge in [-0.2, -0.15) is 26.3 Å². The third-order valence-electron chi connectivity index (χ3n) is 8.43. The molecular formula is C30H35F6N3O3. The summed E-state index contributed by atoms with van der Waals surface area (Å²) in [6.45, 7) is 4.05. The molecule has 0 bridgehead atoms. The largest absolute Gasteiger partial charge is 0.416 e. The number of benzene rings is 2. The maximum absolute atomic E-state index is 14.0. The lowest BCUT2D eigenvalue weighted by Gasteiger charge is -2.36. The number of likely N-dealkylation sites (tertiary alicyclic amines) is 2. The van der Waals surface area contributed by atoms with Crippen LogP contribution >= 0.6 is 0 Å². The van der Waals surface area contributed by atoms with Crippen molar-refractivity contribution in [2.45, 2.75) is 62.5 Å². The van der Waals surface area contributed by atoms with E-state index in [1.165, 1.54) is 25.8 Å². The SMILES string of the molecule is COCC1CCCN1C(=O)N1C[C@@H](N(C)C(=O)C(C)(C)c2cc(C(F)(F)F)cc(C(F)(F)F)c2)[C@H](c2ccccc2)C1. The lowest BCUT2D eigenvalue weighted by atomic mass is 9.80. The van der Waals surface area contributed by atoms with Crippen LogP contribution in [0.25, 0.3) is 0 Å². The van der Waals surface area contributed by atoms with Crippen LogP contribution in [0.2, 0.25) is 0 Å². The number of halogens is 6. The van der Waals surface area contributed by atoms with E-state index in [-0.39, 0.29) is 30.6 Å². The summed E-state index contributed by atoms with van der Waals surface area (Å²) in [6.07, 6.45) is -8.44. The van der Waals surface area contributed by atoms with E-state index < -0.39 is 46.4 Å². The average molecular weight is 600 g/mol. The predicted octanol–water partition coefficient (Wildman–Crippen LogP) is 6.16. The molecule has 0 radical (unpaired) electrons. The first kappa shape index (κ1) is 31.7. The first-order chi connectivity index (χ1) is 19.6. The minimum absolute atomic E-state index is 0.0505. The molecule has 0 N–H and O–H groups in total. The van der Waals surface area contributed by atoms with Crippen LogP contribution in [0.4, 0.5) is 31.1 Å². The summed E-state index contributed by atoms with van der Waals surface area (Å²) in [5, 5.41) is 0. The Morgan fingerprint density at radius 3 is 2.05 bits per heavy atom. The molecule has 3 amide bonds. The van der Waals surface area contributed by atoms with Crippen LogP contribution in [-0.4, -0.2) is 79.1 Å². The number of hydrogen-bond acceptors (Lipinski definition) is 3. The summed E-state index contributed by atoms with van der Waals surface area (Å²) >= 11 is 0. The zero-order valence-electron chi connectivity index (χ0n) is 23.9. The number of ether oxygens (including phenoxy) is 1. The van der Waals surface area contributed by atoms with Gasteiger partial charge in [0.2, 0.25) is 5.91 Å². The number of nitrogens with zero attached hydrogens (tertiary/aromatic N) is 3. The molecule has 2 aromatic carbocycles. The number of carbonyl (C=O) groups is 2. The second-order valence-corrected chi connectivity index (χ2v) is 11.6. The van der Waals surface area contributed by atoms with Gasteiger partial charge in [0.1, 0.15) is 0 Å². The van der Waals surface area contributed by atoms with Crippen molar-refractivity contribution in [2.24, 2.45) is 0 Å². The van der Waals surface area contributed by atoms with E-state index in [0.717, 1.165) is 18.4 Å². The van der Waals surface area contributed by atoms with Gasteiger partial charge < -0.3 is 19.4 Å². The van der Waals surface area contributed by atoms with Gasteiger partial charge in [-0.25, -0.2) is 4.79 Å². The smallest absolute Gasteiger partial charge is 0.383 e. The molecule has 12 heteroatoms. The summed E-state index contributed by atoms with van der Waals surface area (Å²) in [4.78, 5) is 32.4. The molecule has 2 heterocycles. The molecule has 0 aromatic heterocycles. The Labute approximate surface area is 241 Å². The number of alkyl halides is 6. The summed E-state index contributed by atoms with van der Waals surface area (Å²) < 4.78 is 86.8. The molecule has 2 fully saturated rings. The Hall–Kier alpha value is -3.28. The van der Waals surface area contributed by atoms with Crippen LogP contribution in [0.5, 0.6) is 0 Å². The molecule has 2 aliphatic heterocycles. The highest BCUT2D eigenvalue weighted by Crippen LogP contribution is 2.40. The third kappa shape index (κ3) is 6.38. The lowest BCUT2D eigenvalue weighted by molar-refractivity contribution is -0.144. The first-order valence-corrected chi connectivity index (χ1v) is 13.7. The van der Waals surface area contributed by atoms with Crippen LogP contribution in [0.15, 0.2) is 48.5 Å². The van der Waals surface area contributed by atoms with E-state index >= 15 is 0 Å². The molecule has 0 saturated carbocycles. The van der Waals surface area contributed by atoms with Crippen LogP contribution < -0.4 is 0 Å². The van der Waals surface area contributed by atoms with Crippen LogP contribution in [-0.2, 0) is 27.3 Å². The van der Waals surface area contributed by atoms with Crippen LogP contribution in [0.3, 0.4) is 0 Å². The summed E-state index contributed by atoms with van der Waals surface area (Å²) in [5.41, 5.74) is -4.24. The molecular weight excluding hydrogens is 564 g/mol. The number of carbonyl (C=O) groups excluding carboxylic acids is 2. The molecule has 3 atom stereocenters. The average Bonchev–Trinajstić information content (AvgIpc) is 3.59. The van der Waals surface area contributed by atoms with Crippen molar-refractivity contribution in [1.82, 2.24) is 14.7 Å². The Morgan fingerprint density at radius 2 is 1.50 bits per heavy atom. The monoisotopic (exact) mass is 599 g/mol. The van der Waals surface area contributed by atoms with Gasteiger partial charge in [-0.15, -0.1) is 0 Å². The van der Waals surface area contributed by atoms with E-state index in [9.17, 15) is 35.9 Å². The fraction of sp³-hybridized carbons (Fsp3) is 0.533. The topological polar surface area (TPSA) is 53.1 Å². The molecule has 2 aliphatic rings. The van der Waals surface area contributed by atoms with E-state index in [4.69, 9.17) is 4.74 Å². The lowest BCUT2D eigenvalue weighted by Crippen LogP contribution is -2.50. The van der Waals surface area contributed by atoms with E-state index in [2.05, 4.69) is 0 Å². The van der Waals surface area contributed by atoms with E-state index in [1.54, 1.807) is 16.9 Å².